The van der Waals surface area contributed by atoms with Gasteiger partial charge in [0.25, 0.3) is 0 Å². The van der Waals surface area contributed by atoms with E-state index in [1.165, 1.54) is 11.3 Å². The number of benzene rings is 2. The largest absolute Gasteiger partial charge is 0.481 e. The van der Waals surface area contributed by atoms with Gasteiger partial charge in [0.1, 0.15) is 0 Å². The van der Waals surface area contributed by atoms with E-state index >= 15 is 0 Å². The zero-order chi connectivity index (χ0) is 16.2. The summed E-state index contributed by atoms with van der Waals surface area (Å²) in [5.74, 6) is -1.76. The monoisotopic (exact) mass is 324 g/mol. The molecule has 116 valence electrons. The van der Waals surface area contributed by atoms with E-state index in [0.29, 0.717) is 12.0 Å². The van der Waals surface area contributed by atoms with Gasteiger partial charge in [-0.3, -0.25) is 9.59 Å². The number of ketones is 1. The second kappa shape index (κ2) is 6.75. The average Bonchev–Trinajstić information content (AvgIpc) is 3.09. The number of hydrogen-bond donors (Lipinski definition) is 1. The summed E-state index contributed by atoms with van der Waals surface area (Å²) in [6, 6.07) is 15.5. The van der Waals surface area contributed by atoms with E-state index < -0.39 is 11.9 Å². The summed E-state index contributed by atoms with van der Waals surface area (Å²) in [7, 11) is 0. The van der Waals surface area contributed by atoms with Crippen LogP contribution in [0.5, 0.6) is 0 Å². The molecule has 0 amide bonds. The highest BCUT2D eigenvalue weighted by Crippen LogP contribution is 2.24. The van der Waals surface area contributed by atoms with Gasteiger partial charge >= 0.3 is 5.97 Å². The molecule has 1 unspecified atom stereocenters. The molecule has 0 bridgehead atoms. The fraction of sp³-hybridized carbons (Fsp3) is 0.158. The van der Waals surface area contributed by atoms with E-state index in [-0.39, 0.29) is 12.2 Å². The first-order valence-electron chi connectivity index (χ1n) is 7.40. The molecule has 1 N–H and O–H groups in total. The van der Waals surface area contributed by atoms with Crippen molar-refractivity contribution < 1.29 is 14.7 Å². The summed E-state index contributed by atoms with van der Waals surface area (Å²) in [4.78, 5) is 23.8. The SMILES string of the molecule is O=C(CC(Cc1cccc2ccccc12)C(=O)O)c1ccsc1. The Kier molecular flexibility index (Phi) is 4.53. The molecule has 1 heterocycles. The van der Waals surface area contributed by atoms with Crippen LogP contribution in [0.15, 0.2) is 59.3 Å². The number of Topliss-reactive ketones (excluding diaryl/α,β-unsaturated/α-hetero) is 1. The molecule has 2 aromatic carbocycles. The molecule has 0 aliphatic heterocycles. The normalized spacial score (nSPS) is 12.2. The van der Waals surface area contributed by atoms with E-state index in [1.807, 2.05) is 47.8 Å². The number of carboxylic acid groups (broad SMARTS) is 1. The quantitative estimate of drug-likeness (QED) is 0.683. The molecule has 4 heteroatoms. The van der Waals surface area contributed by atoms with Gasteiger partial charge in [0.05, 0.1) is 5.92 Å². The lowest BCUT2D eigenvalue weighted by molar-refractivity contribution is -0.141. The number of aliphatic carboxylic acids is 1. The van der Waals surface area contributed by atoms with E-state index in [0.717, 1.165) is 16.3 Å². The van der Waals surface area contributed by atoms with E-state index in [4.69, 9.17) is 0 Å². The fourth-order valence-corrected chi connectivity index (χ4v) is 3.41. The van der Waals surface area contributed by atoms with Crippen molar-refractivity contribution in [2.24, 2.45) is 5.92 Å². The summed E-state index contributed by atoms with van der Waals surface area (Å²) in [6.07, 6.45) is 0.377. The summed E-state index contributed by atoms with van der Waals surface area (Å²) in [5.41, 5.74) is 1.56. The first-order chi connectivity index (χ1) is 11.1. The molecule has 3 nitrogen and oxygen atoms in total. The molecule has 0 radical (unpaired) electrons. The Balaban J connectivity index is 1.84. The molecule has 0 spiro atoms. The van der Waals surface area contributed by atoms with Gasteiger partial charge in [-0.25, -0.2) is 0 Å². The number of carbonyl (C=O) groups is 2. The molecule has 1 atom stereocenters. The Morgan fingerprint density at radius 3 is 2.57 bits per heavy atom. The number of fused-ring (bicyclic) bond motifs is 1. The van der Waals surface area contributed by atoms with Crippen molar-refractivity contribution >= 4 is 33.9 Å². The third-order valence-electron chi connectivity index (χ3n) is 3.97. The minimum atomic E-state index is -0.929. The Bertz CT molecular complexity index is 831. The van der Waals surface area contributed by atoms with Gasteiger partial charge in [0, 0.05) is 17.4 Å². The highest BCUT2D eigenvalue weighted by atomic mass is 32.1. The second-order valence-corrected chi connectivity index (χ2v) is 6.30. The van der Waals surface area contributed by atoms with Crippen molar-refractivity contribution in [1.29, 1.82) is 0 Å². The van der Waals surface area contributed by atoms with Crippen LogP contribution in [0.4, 0.5) is 0 Å². The van der Waals surface area contributed by atoms with E-state index in [1.54, 1.807) is 11.4 Å². The molecule has 23 heavy (non-hydrogen) atoms. The molecule has 1 aromatic heterocycles. The predicted molar refractivity (Wildman–Crippen MR) is 92.0 cm³/mol. The van der Waals surface area contributed by atoms with E-state index in [2.05, 4.69) is 0 Å². The summed E-state index contributed by atoms with van der Waals surface area (Å²) >= 11 is 1.44. The zero-order valence-corrected chi connectivity index (χ0v) is 13.3. The number of thiophene rings is 1. The van der Waals surface area contributed by atoms with Gasteiger partial charge in [-0.1, -0.05) is 42.5 Å². The third kappa shape index (κ3) is 3.48. The smallest absolute Gasteiger partial charge is 0.307 e. The Morgan fingerprint density at radius 1 is 1.04 bits per heavy atom. The number of carboxylic acids is 1. The Hall–Kier alpha value is -2.46. The summed E-state index contributed by atoms with van der Waals surface area (Å²) in [6.45, 7) is 0. The van der Waals surface area contributed by atoms with Gasteiger partial charge in [-0.15, -0.1) is 0 Å². The Morgan fingerprint density at radius 2 is 1.83 bits per heavy atom. The molecule has 0 saturated carbocycles. The first kappa shape index (κ1) is 15.4. The molecule has 0 saturated heterocycles. The number of hydrogen-bond acceptors (Lipinski definition) is 3. The third-order valence-corrected chi connectivity index (χ3v) is 4.65. The van der Waals surface area contributed by atoms with Crippen molar-refractivity contribution in [2.45, 2.75) is 12.8 Å². The highest BCUT2D eigenvalue weighted by Gasteiger charge is 2.23. The van der Waals surface area contributed by atoms with Crippen molar-refractivity contribution in [3.05, 3.63) is 70.4 Å². The highest BCUT2D eigenvalue weighted by molar-refractivity contribution is 7.08. The predicted octanol–water partition coefficient (Wildman–Crippen LogP) is 4.42. The van der Waals surface area contributed by atoms with Gasteiger partial charge in [0.2, 0.25) is 0 Å². The van der Waals surface area contributed by atoms with Crippen LogP contribution in [0.3, 0.4) is 0 Å². The maximum Gasteiger partial charge on any atom is 0.307 e. The maximum absolute atomic E-state index is 12.2. The van der Waals surface area contributed by atoms with Crippen LogP contribution >= 0.6 is 11.3 Å². The lowest BCUT2D eigenvalue weighted by atomic mass is 9.90. The molecule has 3 aromatic rings. The van der Waals surface area contributed by atoms with Crippen molar-refractivity contribution in [1.82, 2.24) is 0 Å². The molecule has 0 aliphatic carbocycles. The second-order valence-electron chi connectivity index (χ2n) is 5.52. The van der Waals surface area contributed by atoms with Crippen molar-refractivity contribution in [2.75, 3.05) is 0 Å². The van der Waals surface area contributed by atoms with Crippen LogP contribution in [0.1, 0.15) is 22.3 Å². The first-order valence-corrected chi connectivity index (χ1v) is 8.34. The van der Waals surface area contributed by atoms with Gasteiger partial charge in [-0.2, -0.15) is 11.3 Å². The molecule has 0 fully saturated rings. The van der Waals surface area contributed by atoms with Crippen LogP contribution in [0, 0.1) is 5.92 Å². The fourth-order valence-electron chi connectivity index (χ4n) is 2.75. The minimum Gasteiger partial charge on any atom is -0.481 e. The van der Waals surface area contributed by atoms with Crippen LogP contribution in [0.25, 0.3) is 10.8 Å². The number of rotatable bonds is 6. The summed E-state index contributed by atoms with van der Waals surface area (Å²) in [5, 5.41) is 15.2. The van der Waals surface area contributed by atoms with Gasteiger partial charge in [-0.05, 0) is 34.2 Å². The molecular formula is C19H16O3S. The molecular weight excluding hydrogens is 308 g/mol. The van der Waals surface area contributed by atoms with Crippen molar-refractivity contribution in [3.63, 3.8) is 0 Å². The maximum atomic E-state index is 12.2. The van der Waals surface area contributed by atoms with Crippen molar-refractivity contribution in [3.8, 4) is 0 Å². The lowest BCUT2D eigenvalue weighted by Crippen LogP contribution is -2.20. The molecule has 3 rings (SSSR count). The van der Waals surface area contributed by atoms with Crippen LogP contribution in [-0.4, -0.2) is 16.9 Å². The summed E-state index contributed by atoms with van der Waals surface area (Å²) < 4.78 is 0. The van der Waals surface area contributed by atoms with Gasteiger partial charge < -0.3 is 5.11 Å². The average molecular weight is 324 g/mol. The van der Waals surface area contributed by atoms with Crippen LogP contribution in [0.2, 0.25) is 0 Å². The lowest BCUT2D eigenvalue weighted by Gasteiger charge is -2.13. The zero-order valence-electron chi connectivity index (χ0n) is 12.4. The Labute approximate surface area is 138 Å². The standard InChI is InChI=1S/C19H16O3S/c20-18(15-8-9-23-12-15)11-16(19(21)22)10-14-6-3-5-13-4-1-2-7-17(13)14/h1-9,12,16H,10-11H2,(H,21,22). The minimum absolute atomic E-state index is 0.0231. The van der Waals surface area contributed by atoms with Crippen LogP contribution in [-0.2, 0) is 11.2 Å². The van der Waals surface area contributed by atoms with E-state index in [9.17, 15) is 14.7 Å². The topological polar surface area (TPSA) is 54.4 Å². The van der Waals surface area contributed by atoms with Crippen LogP contribution < -0.4 is 0 Å². The number of carbonyl (C=O) groups excluding carboxylic acids is 1. The molecule has 0 aliphatic rings. The van der Waals surface area contributed by atoms with Gasteiger partial charge in [0.15, 0.2) is 5.78 Å².